The van der Waals surface area contributed by atoms with E-state index in [1.54, 1.807) is 12.1 Å². The number of aldehydes is 1. The fraction of sp³-hybridized carbons (Fsp3) is 0.357. The van der Waals surface area contributed by atoms with Gasteiger partial charge in [0.25, 0.3) is 5.89 Å². The van der Waals surface area contributed by atoms with E-state index in [9.17, 15) is 4.79 Å². The van der Waals surface area contributed by atoms with Crippen LogP contribution in [-0.2, 0) is 6.61 Å². The lowest BCUT2D eigenvalue weighted by Crippen LogP contribution is -1.99. The standard InChI is InChI=1S/C14H14N2O5/c1-8(2)14-15-13(21-16-14)6-18-10-4-12-11(19-7-20-12)3-9(10)5-17/h3-5,8H,6-7H2,1-2H3. The predicted molar refractivity (Wildman–Crippen MR) is 70.7 cm³/mol. The van der Waals surface area contributed by atoms with E-state index in [0.29, 0.717) is 40.8 Å². The fourth-order valence-electron chi connectivity index (χ4n) is 1.86. The molecule has 0 aliphatic carbocycles. The Balaban J connectivity index is 1.76. The van der Waals surface area contributed by atoms with Gasteiger partial charge in [-0.2, -0.15) is 4.98 Å². The summed E-state index contributed by atoms with van der Waals surface area (Å²) >= 11 is 0. The topological polar surface area (TPSA) is 83.7 Å². The Morgan fingerprint density at radius 2 is 2.10 bits per heavy atom. The molecule has 1 aromatic carbocycles. The smallest absolute Gasteiger partial charge is 0.264 e. The second kappa shape index (κ2) is 5.43. The van der Waals surface area contributed by atoms with E-state index in [-0.39, 0.29) is 19.3 Å². The molecule has 0 N–H and O–H groups in total. The van der Waals surface area contributed by atoms with Gasteiger partial charge in [-0.25, -0.2) is 0 Å². The van der Waals surface area contributed by atoms with E-state index in [0.717, 1.165) is 0 Å². The minimum atomic E-state index is 0.0835. The zero-order chi connectivity index (χ0) is 14.8. The number of aromatic nitrogens is 2. The summed E-state index contributed by atoms with van der Waals surface area (Å²) in [5, 5.41) is 3.85. The molecule has 0 atom stereocenters. The molecule has 2 heterocycles. The first-order valence-electron chi connectivity index (χ1n) is 6.51. The first-order chi connectivity index (χ1) is 10.2. The molecule has 0 amide bonds. The Morgan fingerprint density at radius 1 is 1.33 bits per heavy atom. The van der Waals surface area contributed by atoms with Gasteiger partial charge in [0.05, 0.1) is 5.56 Å². The molecule has 3 rings (SSSR count). The van der Waals surface area contributed by atoms with E-state index in [2.05, 4.69) is 10.1 Å². The van der Waals surface area contributed by atoms with Crippen LogP contribution in [0.5, 0.6) is 17.2 Å². The minimum absolute atomic E-state index is 0.0835. The van der Waals surface area contributed by atoms with Gasteiger partial charge < -0.3 is 18.7 Å². The third-order valence-corrected chi connectivity index (χ3v) is 2.98. The zero-order valence-electron chi connectivity index (χ0n) is 11.7. The van der Waals surface area contributed by atoms with Crippen molar-refractivity contribution < 1.29 is 23.5 Å². The van der Waals surface area contributed by atoms with Crippen LogP contribution in [0.3, 0.4) is 0 Å². The molecule has 21 heavy (non-hydrogen) atoms. The van der Waals surface area contributed by atoms with Crippen LogP contribution in [0.25, 0.3) is 0 Å². The van der Waals surface area contributed by atoms with Crippen LogP contribution in [0.4, 0.5) is 0 Å². The third kappa shape index (κ3) is 2.67. The molecule has 0 spiro atoms. The number of benzene rings is 1. The lowest BCUT2D eigenvalue weighted by atomic mass is 10.2. The molecule has 0 bridgehead atoms. The molecule has 7 heteroatoms. The lowest BCUT2D eigenvalue weighted by molar-refractivity contribution is 0.111. The number of fused-ring (bicyclic) bond motifs is 1. The first-order valence-corrected chi connectivity index (χ1v) is 6.51. The third-order valence-electron chi connectivity index (χ3n) is 2.98. The highest BCUT2D eigenvalue weighted by Gasteiger charge is 2.18. The van der Waals surface area contributed by atoms with Crippen molar-refractivity contribution in [2.75, 3.05) is 6.79 Å². The summed E-state index contributed by atoms with van der Waals surface area (Å²) in [5.74, 6) is 2.62. The molecule has 2 aromatic rings. The molecule has 7 nitrogen and oxygen atoms in total. The Bertz CT molecular complexity index is 665. The van der Waals surface area contributed by atoms with E-state index < -0.39 is 0 Å². The van der Waals surface area contributed by atoms with Crippen molar-refractivity contribution in [2.45, 2.75) is 26.4 Å². The summed E-state index contributed by atoms with van der Waals surface area (Å²) in [6.45, 7) is 4.16. The van der Waals surface area contributed by atoms with Crippen molar-refractivity contribution in [2.24, 2.45) is 0 Å². The van der Waals surface area contributed by atoms with E-state index >= 15 is 0 Å². The number of ether oxygens (including phenoxy) is 3. The second-order valence-corrected chi connectivity index (χ2v) is 4.85. The van der Waals surface area contributed by atoms with Crippen LogP contribution in [0.2, 0.25) is 0 Å². The Morgan fingerprint density at radius 3 is 2.76 bits per heavy atom. The van der Waals surface area contributed by atoms with Gasteiger partial charge in [0.1, 0.15) is 5.75 Å². The number of nitrogens with zero attached hydrogens (tertiary/aromatic N) is 2. The van der Waals surface area contributed by atoms with Crippen LogP contribution in [-0.4, -0.2) is 23.2 Å². The van der Waals surface area contributed by atoms with Crippen molar-refractivity contribution in [1.29, 1.82) is 0 Å². The summed E-state index contributed by atoms with van der Waals surface area (Å²) in [4.78, 5) is 15.3. The number of hydrogen-bond donors (Lipinski definition) is 0. The molecule has 1 aliphatic heterocycles. The molecule has 0 unspecified atom stereocenters. The van der Waals surface area contributed by atoms with Crippen molar-refractivity contribution in [3.63, 3.8) is 0 Å². The normalized spacial score (nSPS) is 12.7. The van der Waals surface area contributed by atoms with Gasteiger partial charge in [-0.3, -0.25) is 4.79 Å². The van der Waals surface area contributed by atoms with Gasteiger partial charge in [-0.1, -0.05) is 19.0 Å². The van der Waals surface area contributed by atoms with Crippen LogP contribution in [0.15, 0.2) is 16.7 Å². The van der Waals surface area contributed by atoms with Gasteiger partial charge in [0.2, 0.25) is 6.79 Å². The van der Waals surface area contributed by atoms with E-state index in [4.69, 9.17) is 18.7 Å². The van der Waals surface area contributed by atoms with Crippen molar-refractivity contribution >= 4 is 6.29 Å². The van der Waals surface area contributed by atoms with Gasteiger partial charge in [0.15, 0.2) is 30.2 Å². The maximum atomic E-state index is 11.1. The van der Waals surface area contributed by atoms with Gasteiger partial charge in [-0.05, 0) is 6.07 Å². The highest BCUT2D eigenvalue weighted by Crippen LogP contribution is 2.37. The molecule has 1 aromatic heterocycles. The monoisotopic (exact) mass is 290 g/mol. The Labute approximate surface area is 120 Å². The predicted octanol–water partition coefficient (Wildman–Crippen LogP) is 2.31. The molecular weight excluding hydrogens is 276 g/mol. The molecule has 0 fully saturated rings. The fourth-order valence-corrected chi connectivity index (χ4v) is 1.86. The summed E-state index contributed by atoms with van der Waals surface area (Å²) in [6.07, 6.45) is 0.699. The summed E-state index contributed by atoms with van der Waals surface area (Å²) < 4.78 is 21.1. The SMILES string of the molecule is CC(C)c1noc(COc2cc3c(cc2C=O)OCO3)n1. The number of carbonyl (C=O) groups is 1. The van der Waals surface area contributed by atoms with Gasteiger partial charge in [0, 0.05) is 12.0 Å². The Hall–Kier alpha value is -2.57. The minimum Gasteiger partial charge on any atom is -0.483 e. The molecule has 0 saturated carbocycles. The number of carbonyl (C=O) groups excluding carboxylic acids is 1. The summed E-state index contributed by atoms with van der Waals surface area (Å²) in [7, 11) is 0. The summed E-state index contributed by atoms with van der Waals surface area (Å²) in [6, 6.07) is 3.20. The largest absolute Gasteiger partial charge is 0.483 e. The van der Waals surface area contributed by atoms with E-state index in [1.165, 1.54) is 0 Å². The van der Waals surface area contributed by atoms with E-state index in [1.807, 2.05) is 13.8 Å². The average molecular weight is 290 g/mol. The van der Waals surface area contributed by atoms with Crippen molar-refractivity contribution in [3.8, 4) is 17.2 Å². The molecule has 0 saturated heterocycles. The lowest BCUT2D eigenvalue weighted by Gasteiger charge is -2.07. The number of rotatable bonds is 5. The quantitative estimate of drug-likeness (QED) is 0.781. The van der Waals surface area contributed by atoms with Crippen LogP contribution >= 0.6 is 0 Å². The maximum absolute atomic E-state index is 11.1. The maximum Gasteiger partial charge on any atom is 0.264 e. The van der Waals surface area contributed by atoms with Gasteiger partial charge >= 0.3 is 0 Å². The number of hydrogen-bond acceptors (Lipinski definition) is 7. The molecule has 1 aliphatic rings. The Kier molecular flexibility index (Phi) is 3.47. The molecular formula is C14H14N2O5. The van der Waals surface area contributed by atoms with Crippen LogP contribution in [0.1, 0.15) is 41.8 Å². The van der Waals surface area contributed by atoms with Crippen molar-refractivity contribution in [1.82, 2.24) is 10.1 Å². The summed E-state index contributed by atoms with van der Waals surface area (Å²) in [5.41, 5.74) is 0.378. The van der Waals surface area contributed by atoms with Crippen LogP contribution < -0.4 is 14.2 Å². The molecule has 0 radical (unpaired) electrons. The van der Waals surface area contributed by atoms with Gasteiger partial charge in [-0.15, -0.1) is 0 Å². The molecule has 110 valence electrons. The zero-order valence-corrected chi connectivity index (χ0v) is 11.7. The highest BCUT2D eigenvalue weighted by atomic mass is 16.7. The first kappa shape index (κ1) is 13.4. The second-order valence-electron chi connectivity index (χ2n) is 4.85. The highest BCUT2D eigenvalue weighted by molar-refractivity contribution is 5.81. The van der Waals surface area contributed by atoms with Crippen molar-refractivity contribution in [3.05, 3.63) is 29.4 Å². The average Bonchev–Trinajstić information content (AvgIpc) is 3.12. The van der Waals surface area contributed by atoms with Crippen LogP contribution in [0, 0.1) is 0 Å².